The van der Waals surface area contributed by atoms with E-state index in [1.54, 1.807) is 0 Å². The first-order chi connectivity index (χ1) is 21.2. The Labute approximate surface area is 253 Å². The lowest BCUT2D eigenvalue weighted by Crippen LogP contribution is -2.24. The van der Waals surface area contributed by atoms with Crippen LogP contribution in [0.2, 0.25) is 0 Å². The first kappa shape index (κ1) is 24.7. The summed E-state index contributed by atoms with van der Waals surface area (Å²) in [6, 6.07) is 52.2. The fourth-order valence-corrected chi connectivity index (χ4v) is 10.5. The quantitative estimate of drug-likeness (QED) is 0.117. The molecule has 0 amide bonds. The molecule has 0 unspecified atom stereocenters. The van der Waals surface area contributed by atoms with Crippen molar-refractivity contribution in [1.82, 2.24) is 9.38 Å². The summed E-state index contributed by atoms with van der Waals surface area (Å²) in [6.07, 6.45) is 0. The maximum absolute atomic E-state index is 6.69. The first-order valence-corrected chi connectivity index (χ1v) is 17.3. The van der Waals surface area contributed by atoms with Crippen LogP contribution in [-0.4, -0.2) is 9.38 Å². The van der Waals surface area contributed by atoms with Crippen LogP contribution in [0.5, 0.6) is 0 Å². The predicted molar refractivity (Wildman–Crippen MR) is 189 cm³/mol. The van der Waals surface area contributed by atoms with Crippen LogP contribution in [0.15, 0.2) is 152 Å². The third-order valence-electron chi connectivity index (χ3n) is 8.79. The van der Waals surface area contributed by atoms with Gasteiger partial charge in [0.1, 0.15) is 5.65 Å². The van der Waals surface area contributed by atoms with Crippen LogP contribution in [0.1, 0.15) is 0 Å². The molecule has 4 heteroatoms. The van der Waals surface area contributed by atoms with Gasteiger partial charge >= 0.3 is 0 Å². The van der Waals surface area contributed by atoms with E-state index in [0.29, 0.717) is 0 Å². The summed E-state index contributed by atoms with van der Waals surface area (Å²) in [5.41, 5.74) is 4.29. The van der Waals surface area contributed by atoms with Gasteiger partial charge < -0.3 is 0 Å². The minimum Gasteiger partial charge on any atom is -0.292 e. The number of imidazole rings is 1. The lowest BCUT2D eigenvalue weighted by atomic mass is 9.98. The molecule has 0 bridgehead atoms. The Hall–Kier alpha value is -4.82. The van der Waals surface area contributed by atoms with Gasteiger partial charge in [0, 0.05) is 16.8 Å². The smallest absolute Gasteiger partial charge is 0.147 e. The van der Waals surface area contributed by atoms with Crippen molar-refractivity contribution in [2.75, 3.05) is 0 Å². The number of benzene rings is 7. The molecule has 202 valence electrons. The summed E-state index contributed by atoms with van der Waals surface area (Å²) in [4.78, 5) is 5.19. The van der Waals surface area contributed by atoms with Gasteiger partial charge in [0.2, 0.25) is 0 Å². The molecule has 0 saturated heterocycles. The van der Waals surface area contributed by atoms with Crippen molar-refractivity contribution in [3.8, 4) is 0 Å². The molecule has 2 aromatic heterocycles. The number of hydrogen-bond donors (Lipinski definition) is 0. The average molecular weight is 585 g/mol. The van der Waals surface area contributed by atoms with E-state index in [9.17, 15) is 0 Å². The summed E-state index contributed by atoms with van der Waals surface area (Å²) in [7, 11) is 0. The number of fused-ring (bicyclic) bond motifs is 11. The number of hydrogen-bond acceptors (Lipinski definition) is 2. The second-order valence-electron chi connectivity index (χ2n) is 11.1. The molecule has 0 saturated carbocycles. The molecule has 0 aliphatic heterocycles. The molecule has 0 atom stereocenters. The molecule has 0 aliphatic rings. The zero-order valence-corrected chi connectivity index (χ0v) is 24.9. The Morgan fingerprint density at radius 3 is 1.93 bits per heavy atom. The van der Waals surface area contributed by atoms with Gasteiger partial charge in [-0.1, -0.05) is 133 Å². The number of para-hydroxylation sites is 2. The van der Waals surface area contributed by atoms with Gasteiger partial charge in [0.15, 0.2) is 0 Å². The maximum atomic E-state index is 6.69. The van der Waals surface area contributed by atoms with Crippen molar-refractivity contribution in [2.24, 2.45) is 0 Å². The molecule has 2 heterocycles. The van der Waals surface area contributed by atoms with Crippen LogP contribution in [0.4, 0.5) is 0 Å². The van der Waals surface area contributed by atoms with Gasteiger partial charge in [-0.15, -0.1) is 0 Å². The molecule has 43 heavy (non-hydrogen) atoms. The number of pyridine rings is 1. The number of rotatable bonds is 3. The van der Waals surface area contributed by atoms with E-state index < -0.39 is 6.04 Å². The highest BCUT2D eigenvalue weighted by molar-refractivity contribution is 8.25. The lowest BCUT2D eigenvalue weighted by Gasteiger charge is -2.24. The van der Waals surface area contributed by atoms with Crippen LogP contribution in [-0.2, 0) is 11.8 Å². The third-order valence-corrected chi connectivity index (χ3v) is 13.7. The van der Waals surface area contributed by atoms with Crippen LogP contribution in [0.3, 0.4) is 0 Å². The standard InChI is InChI=1S/C39H25N2PS/c43-42(29-12-3-1-4-13-29,30-14-5-2-6-15-30)31-21-19-27-25-37-34(24-28(27)23-31)33-22-20-26-11-7-8-16-32(26)38(33)39-40-35-17-9-10-18-36(35)41(37)39/h1-25H. The summed E-state index contributed by atoms with van der Waals surface area (Å²) >= 11 is 6.69. The van der Waals surface area contributed by atoms with Crippen molar-refractivity contribution in [3.05, 3.63) is 152 Å². The normalized spacial score (nSPS) is 12.3. The first-order valence-electron chi connectivity index (χ1n) is 14.5. The topological polar surface area (TPSA) is 17.3 Å². The second kappa shape index (κ2) is 9.34. The predicted octanol–water partition coefficient (Wildman–Crippen LogP) is 8.86. The van der Waals surface area contributed by atoms with Crippen LogP contribution in [0.25, 0.3) is 59.9 Å². The van der Waals surface area contributed by atoms with Gasteiger partial charge in [-0.05, 0) is 73.2 Å². The number of nitrogens with zero attached hydrogens (tertiary/aromatic N) is 2. The van der Waals surface area contributed by atoms with Crippen molar-refractivity contribution in [3.63, 3.8) is 0 Å². The average Bonchev–Trinajstić information content (AvgIpc) is 3.47. The molecule has 7 aromatic carbocycles. The van der Waals surface area contributed by atoms with E-state index in [4.69, 9.17) is 16.8 Å². The van der Waals surface area contributed by atoms with Gasteiger partial charge in [0.25, 0.3) is 0 Å². The molecule has 0 fully saturated rings. The molecule has 0 aliphatic carbocycles. The zero-order chi connectivity index (χ0) is 28.5. The van der Waals surface area contributed by atoms with Crippen molar-refractivity contribution >= 4 is 93.7 Å². The highest BCUT2D eigenvalue weighted by atomic mass is 32.4. The van der Waals surface area contributed by atoms with Crippen LogP contribution in [0, 0.1) is 0 Å². The molecule has 0 N–H and O–H groups in total. The molecule has 0 spiro atoms. The molecule has 2 nitrogen and oxygen atoms in total. The van der Waals surface area contributed by atoms with Gasteiger partial charge in [-0.2, -0.15) is 0 Å². The van der Waals surface area contributed by atoms with Crippen molar-refractivity contribution < 1.29 is 0 Å². The highest BCUT2D eigenvalue weighted by Crippen LogP contribution is 2.44. The summed E-state index contributed by atoms with van der Waals surface area (Å²) in [6.45, 7) is 0. The Kier molecular flexibility index (Phi) is 5.38. The van der Waals surface area contributed by atoms with Gasteiger partial charge in [-0.3, -0.25) is 4.40 Å². The molecule has 0 radical (unpaired) electrons. The van der Waals surface area contributed by atoms with E-state index in [1.165, 1.54) is 53.6 Å². The van der Waals surface area contributed by atoms with E-state index in [0.717, 1.165) is 22.2 Å². The fraction of sp³-hybridized carbons (Fsp3) is 0. The summed E-state index contributed by atoms with van der Waals surface area (Å²) in [5, 5.41) is 12.1. The second-order valence-corrected chi connectivity index (χ2v) is 15.6. The van der Waals surface area contributed by atoms with Crippen LogP contribution >= 0.6 is 6.04 Å². The minimum atomic E-state index is -2.27. The third kappa shape index (κ3) is 3.59. The summed E-state index contributed by atoms with van der Waals surface area (Å²) < 4.78 is 2.35. The molecular weight excluding hydrogens is 559 g/mol. The summed E-state index contributed by atoms with van der Waals surface area (Å²) in [5.74, 6) is 0. The lowest BCUT2D eigenvalue weighted by molar-refractivity contribution is 1.32. The van der Waals surface area contributed by atoms with E-state index in [-0.39, 0.29) is 0 Å². The molecule has 9 rings (SSSR count). The van der Waals surface area contributed by atoms with Gasteiger partial charge in [0.05, 0.1) is 16.6 Å². The van der Waals surface area contributed by atoms with E-state index >= 15 is 0 Å². The highest BCUT2D eigenvalue weighted by Gasteiger charge is 2.25. The van der Waals surface area contributed by atoms with Gasteiger partial charge in [-0.25, -0.2) is 4.98 Å². The monoisotopic (exact) mass is 584 g/mol. The van der Waals surface area contributed by atoms with Crippen molar-refractivity contribution in [1.29, 1.82) is 0 Å². The van der Waals surface area contributed by atoms with E-state index in [2.05, 4.69) is 156 Å². The van der Waals surface area contributed by atoms with Crippen molar-refractivity contribution in [2.45, 2.75) is 0 Å². The number of aromatic nitrogens is 2. The Bertz CT molecular complexity index is 2540. The fourth-order valence-electron chi connectivity index (χ4n) is 6.77. The van der Waals surface area contributed by atoms with E-state index in [1.807, 2.05) is 0 Å². The molecular formula is C39H25N2PS. The minimum absolute atomic E-state index is 1.00. The molecule has 9 aromatic rings. The Morgan fingerprint density at radius 1 is 0.465 bits per heavy atom. The Morgan fingerprint density at radius 2 is 1.14 bits per heavy atom. The SMILES string of the molecule is S=P(c1ccccc1)(c1ccccc1)c1ccc2cc3c(cc2c1)c1ccc2ccccc2c1c1nc2ccccc2n31. The zero-order valence-electron chi connectivity index (χ0n) is 23.2. The van der Waals surface area contributed by atoms with Crippen LogP contribution < -0.4 is 15.9 Å². The maximum Gasteiger partial charge on any atom is 0.147 e. The Balaban J connectivity index is 1.41. The largest absolute Gasteiger partial charge is 0.292 e.